The summed E-state index contributed by atoms with van der Waals surface area (Å²) in [5.41, 5.74) is 0.0695. The maximum Gasteiger partial charge on any atom is 0.194 e. The smallest absolute Gasteiger partial charge is 0.194 e. The van der Waals surface area contributed by atoms with Crippen LogP contribution in [0, 0.1) is 5.41 Å². The van der Waals surface area contributed by atoms with E-state index in [2.05, 4.69) is 42.9 Å². The zero-order valence-electron chi connectivity index (χ0n) is 13.3. The van der Waals surface area contributed by atoms with E-state index < -0.39 is 0 Å². The van der Waals surface area contributed by atoms with E-state index in [-0.39, 0.29) is 41.6 Å². The standard InChI is InChI=1S/C14H29N3O2.HI/c1-6-15-13(17-8-7-11(18)10-17)16-9-12(19-5)14(2,3)4;/h11-12,18H,6-10H2,1-5H3,(H,15,16);1H/t11-,12?;/m1./s1. The fourth-order valence-electron chi connectivity index (χ4n) is 2.23. The highest BCUT2D eigenvalue weighted by molar-refractivity contribution is 14.0. The summed E-state index contributed by atoms with van der Waals surface area (Å²) in [7, 11) is 1.73. The number of aliphatic hydroxyl groups excluding tert-OH is 1. The van der Waals surface area contributed by atoms with Crippen LogP contribution < -0.4 is 5.32 Å². The van der Waals surface area contributed by atoms with Crippen LogP contribution in [0.5, 0.6) is 0 Å². The van der Waals surface area contributed by atoms with Crippen LogP contribution >= 0.6 is 24.0 Å². The molecule has 0 aromatic heterocycles. The molecule has 2 atom stereocenters. The first-order valence-corrected chi connectivity index (χ1v) is 7.12. The van der Waals surface area contributed by atoms with Gasteiger partial charge in [-0.3, -0.25) is 4.99 Å². The highest BCUT2D eigenvalue weighted by Crippen LogP contribution is 2.22. The van der Waals surface area contributed by atoms with Crippen LogP contribution in [0.1, 0.15) is 34.1 Å². The van der Waals surface area contributed by atoms with Crippen molar-refractivity contribution in [2.45, 2.75) is 46.3 Å². The van der Waals surface area contributed by atoms with Gasteiger partial charge in [0.1, 0.15) is 0 Å². The van der Waals surface area contributed by atoms with Crippen LogP contribution in [0.25, 0.3) is 0 Å². The molecule has 0 aromatic carbocycles. The Morgan fingerprint density at radius 2 is 2.15 bits per heavy atom. The molecule has 0 radical (unpaired) electrons. The van der Waals surface area contributed by atoms with Gasteiger partial charge in [0.15, 0.2) is 5.96 Å². The molecule has 1 aliphatic heterocycles. The number of likely N-dealkylation sites (tertiary alicyclic amines) is 1. The molecule has 0 saturated carbocycles. The Balaban J connectivity index is 0.00000361. The van der Waals surface area contributed by atoms with E-state index in [0.717, 1.165) is 25.5 Å². The molecule has 5 nitrogen and oxygen atoms in total. The van der Waals surface area contributed by atoms with Gasteiger partial charge in [0.2, 0.25) is 0 Å². The average molecular weight is 399 g/mol. The summed E-state index contributed by atoms with van der Waals surface area (Å²) < 4.78 is 5.52. The van der Waals surface area contributed by atoms with E-state index in [9.17, 15) is 5.11 Å². The quantitative estimate of drug-likeness (QED) is 0.429. The first-order valence-electron chi connectivity index (χ1n) is 7.12. The summed E-state index contributed by atoms with van der Waals surface area (Å²) in [6, 6.07) is 0. The predicted octanol–water partition coefficient (Wildman–Crippen LogP) is 1.70. The van der Waals surface area contributed by atoms with E-state index in [1.807, 2.05) is 0 Å². The maximum atomic E-state index is 9.62. The Hall–Kier alpha value is -0.0800. The molecule has 6 heteroatoms. The lowest BCUT2D eigenvalue weighted by Crippen LogP contribution is -2.41. The number of rotatable bonds is 4. The second kappa shape index (κ2) is 9.04. The van der Waals surface area contributed by atoms with Gasteiger partial charge in [0, 0.05) is 26.7 Å². The van der Waals surface area contributed by atoms with E-state index >= 15 is 0 Å². The Labute approximate surface area is 140 Å². The fraction of sp³-hybridized carbons (Fsp3) is 0.929. The van der Waals surface area contributed by atoms with Crippen molar-refractivity contribution in [1.82, 2.24) is 10.2 Å². The fourth-order valence-corrected chi connectivity index (χ4v) is 2.23. The largest absolute Gasteiger partial charge is 0.391 e. The Morgan fingerprint density at radius 3 is 2.55 bits per heavy atom. The van der Waals surface area contributed by atoms with Crippen molar-refractivity contribution in [3.63, 3.8) is 0 Å². The van der Waals surface area contributed by atoms with Crippen molar-refractivity contribution in [3.8, 4) is 0 Å². The minimum absolute atomic E-state index is 0. The highest BCUT2D eigenvalue weighted by atomic mass is 127. The zero-order valence-corrected chi connectivity index (χ0v) is 15.7. The second-order valence-corrected chi connectivity index (χ2v) is 6.17. The summed E-state index contributed by atoms with van der Waals surface area (Å²) in [4.78, 5) is 6.78. The number of hydrogen-bond acceptors (Lipinski definition) is 3. The summed E-state index contributed by atoms with van der Waals surface area (Å²) >= 11 is 0. The molecule has 1 unspecified atom stereocenters. The lowest BCUT2D eigenvalue weighted by molar-refractivity contribution is 0.0240. The molecule has 1 heterocycles. The van der Waals surface area contributed by atoms with Crippen LogP contribution in [-0.4, -0.2) is 61.5 Å². The van der Waals surface area contributed by atoms with Crippen molar-refractivity contribution in [3.05, 3.63) is 0 Å². The van der Waals surface area contributed by atoms with E-state index in [1.165, 1.54) is 0 Å². The molecule has 0 aromatic rings. The number of ether oxygens (including phenoxy) is 1. The maximum absolute atomic E-state index is 9.62. The third kappa shape index (κ3) is 6.13. The second-order valence-electron chi connectivity index (χ2n) is 6.17. The van der Waals surface area contributed by atoms with E-state index in [4.69, 9.17) is 4.74 Å². The van der Waals surface area contributed by atoms with Gasteiger partial charge < -0.3 is 20.1 Å². The lowest BCUT2D eigenvalue weighted by atomic mass is 9.89. The number of guanidine groups is 1. The van der Waals surface area contributed by atoms with Crippen molar-refractivity contribution >= 4 is 29.9 Å². The Kier molecular flexibility index (Phi) is 9.01. The van der Waals surface area contributed by atoms with Gasteiger partial charge in [-0.2, -0.15) is 0 Å². The number of aliphatic hydroxyl groups is 1. The van der Waals surface area contributed by atoms with Crippen molar-refractivity contribution in [1.29, 1.82) is 0 Å². The molecule has 2 N–H and O–H groups in total. The molecular weight excluding hydrogens is 369 g/mol. The molecule has 0 spiro atoms. The number of halogens is 1. The van der Waals surface area contributed by atoms with Crippen molar-refractivity contribution in [2.24, 2.45) is 10.4 Å². The molecule has 0 amide bonds. The zero-order chi connectivity index (χ0) is 14.5. The topological polar surface area (TPSA) is 57.1 Å². The van der Waals surface area contributed by atoms with Gasteiger partial charge in [-0.15, -0.1) is 24.0 Å². The minimum Gasteiger partial charge on any atom is -0.391 e. The van der Waals surface area contributed by atoms with E-state index in [1.54, 1.807) is 7.11 Å². The van der Waals surface area contributed by atoms with Crippen molar-refractivity contribution < 1.29 is 9.84 Å². The molecule has 120 valence electrons. The number of aliphatic imine (C=N–C) groups is 1. The Bertz CT molecular complexity index is 305. The molecule has 1 fully saturated rings. The van der Waals surface area contributed by atoms with Crippen LogP contribution in [0.2, 0.25) is 0 Å². The first kappa shape index (κ1) is 19.9. The number of β-amino-alcohol motifs (C(OH)–C–C–N with tert-alkyl or cyclic N) is 1. The van der Waals surface area contributed by atoms with Gasteiger partial charge in [0.25, 0.3) is 0 Å². The van der Waals surface area contributed by atoms with Gasteiger partial charge in [-0.05, 0) is 18.8 Å². The van der Waals surface area contributed by atoms with E-state index in [0.29, 0.717) is 13.1 Å². The first-order chi connectivity index (χ1) is 8.88. The van der Waals surface area contributed by atoms with Crippen LogP contribution in [-0.2, 0) is 4.74 Å². The molecule has 0 bridgehead atoms. The lowest BCUT2D eigenvalue weighted by Gasteiger charge is -2.29. The SMILES string of the molecule is CCNC(=NCC(OC)C(C)(C)C)N1CC[C@@H](O)C1.I. The van der Waals surface area contributed by atoms with Crippen LogP contribution in [0.3, 0.4) is 0 Å². The molecule has 20 heavy (non-hydrogen) atoms. The predicted molar refractivity (Wildman–Crippen MR) is 93.8 cm³/mol. The van der Waals surface area contributed by atoms with Crippen LogP contribution in [0.15, 0.2) is 4.99 Å². The van der Waals surface area contributed by atoms with Gasteiger partial charge >= 0.3 is 0 Å². The molecule has 0 aliphatic carbocycles. The average Bonchev–Trinajstić information content (AvgIpc) is 2.73. The summed E-state index contributed by atoms with van der Waals surface area (Å²) in [6.07, 6.45) is 0.676. The third-order valence-electron chi connectivity index (χ3n) is 3.46. The Morgan fingerprint density at radius 1 is 1.50 bits per heavy atom. The molecule has 1 aliphatic rings. The monoisotopic (exact) mass is 399 g/mol. The number of nitrogens with zero attached hydrogens (tertiary/aromatic N) is 2. The highest BCUT2D eigenvalue weighted by Gasteiger charge is 2.26. The van der Waals surface area contributed by atoms with Gasteiger partial charge in [0.05, 0.1) is 18.8 Å². The normalized spacial score (nSPS) is 21.6. The van der Waals surface area contributed by atoms with Crippen molar-refractivity contribution in [2.75, 3.05) is 33.3 Å². The summed E-state index contributed by atoms with van der Waals surface area (Å²) in [5.74, 6) is 0.880. The number of hydrogen-bond donors (Lipinski definition) is 2. The number of methoxy groups -OCH3 is 1. The van der Waals surface area contributed by atoms with Crippen LogP contribution in [0.4, 0.5) is 0 Å². The third-order valence-corrected chi connectivity index (χ3v) is 3.46. The minimum atomic E-state index is -0.232. The molecule has 1 saturated heterocycles. The molecular formula is C14H30IN3O2. The summed E-state index contributed by atoms with van der Waals surface area (Å²) in [5, 5.41) is 12.9. The van der Waals surface area contributed by atoms with Gasteiger partial charge in [-0.25, -0.2) is 0 Å². The molecule has 1 rings (SSSR count). The number of nitrogens with one attached hydrogen (secondary N) is 1. The van der Waals surface area contributed by atoms with Gasteiger partial charge in [-0.1, -0.05) is 20.8 Å². The summed E-state index contributed by atoms with van der Waals surface area (Å²) in [6.45, 7) is 11.5.